The standard InChI is InChI=1S/C15H27BN2O8/c1-7(2)3-8(9-4-12(15(17)23)26-18-9)16-24-6-11(21)14(25-16)13(22)10(20)5-19/h7-8,10-14,19-22H,3-6H2,1-2H3,(H2,17,23)/t8-,10?,11?,12?,13?,14?/m1/s1. The Bertz CT molecular complexity index is 520. The maximum Gasteiger partial charge on any atom is 0.466 e. The van der Waals surface area contributed by atoms with Gasteiger partial charge in [0.15, 0.2) is 0 Å². The van der Waals surface area contributed by atoms with Crippen LogP contribution < -0.4 is 5.73 Å². The number of hydrogen-bond donors (Lipinski definition) is 5. The number of hydrogen-bond acceptors (Lipinski definition) is 9. The Labute approximate surface area is 152 Å². The molecule has 1 fully saturated rings. The number of carbonyl (C=O) groups is 1. The molecule has 148 valence electrons. The van der Waals surface area contributed by atoms with Gasteiger partial charge in [-0.3, -0.25) is 4.79 Å². The fraction of sp³-hybridized carbons (Fsp3) is 0.867. The van der Waals surface area contributed by atoms with E-state index in [9.17, 15) is 20.1 Å². The molecule has 2 aliphatic heterocycles. The van der Waals surface area contributed by atoms with Crippen molar-refractivity contribution < 1.29 is 39.4 Å². The highest BCUT2D eigenvalue weighted by Gasteiger charge is 2.47. The minimum atomic E-state index is -1.48. The van der Waals surface area contributed by atoms with Crippen LogP contribution in [0.1, 0.15) is 26.7 Å². The van der Waals surface area contributed by atoms with Crippen LogP contribution in [0.2, 0.25) is 5.82 Å². The second kappa shape index (κ2) is 9.11. The fourth-order valence-electron chi connectivity index (χ4n) is 3.10. The number of oxime groups is 1. The van der Waals surface area contributed by atoms with Crippen LogP contribution in [-0.2, 0) is 18.9 Å². The van der Waals surface area contributed by atoms with Gasteiger partial charge in [-0.25, -0.2) is 0 Å². The third-order valence-corrected chi connectivity index (χ3v) is 4.51. The summed E-state index contributed by atoms with van der Waals surface area (Å²) in [5, 5.41) is 42.7. The van der Waals surface area contributed by atoms with Gasteiger partial charge < -0.3 is 40.3 Å². The Hall–Kier alpha value is -1.24. The topological polar surface area (TPSA) is 164 Å². The Balaban J connectivity index is 2.13. The van der Waals surface area contributed by atoms with E-state index in [0.717, 1.165) is 0 Å². The van der Waals surface area contributed by atoms with Crippen molar-refractivity contribution >= 4 is 18.7 Å². The van der Waals surface area contributed by atoms with Crippen LogP contribution in [0.3, 0.4) is 0 Å². The van der Waals surface area contributed by atoms with Gasteiger partial charge in [-0.05, 0) is 12.3 Å². The number of aliphatic hydroxyl groups excluding tert-OH is 4. The lowest BCUT2D eigenvalue weighted by Crippen LogP contribution is -2.57. The van der Waals surface area contributed by atoms with E-state index in [1.165, 1.54) is 0 Å². The molecule has 0 aromatic carbocycles. The highest BCUT2D eigenvalue weighted by atomic mass is 16.7. The van der Waals surface area contributed by atoms with E-state index < -0.39 is 50.2 Å². The van der Waals surface area contributed by atoms with Gasteiger partial charge in [-0.1, -0.05) is 19.0 Å². The predicted molar refractivity (Wildman–Crippen MR) is 91.0 cm³/mol. The number of aliphatic hydroxyl groups is 4. The van der Waals surface area contributed by atoms with Crippen molar-refractivity contribution in [1.82, 2.24) is 0 Å². The van der Waals surface area contributed by atoms with Crippen LogP contribution in [0, 0.1) is 5.92 Å². The van der Waals surface area contributed by atoms with Crippen LogP contribution in [-0.4, -0.2) is 82.9 Å². The molecule has 6 atom stereocenters. The SMILES string of the molecule is CC(C)C[C@@H](B1OCC(O)C(C(O)C(O)CO)O1)C1=NOC(C(N)=O)C1. The molecule has 0 radical (unpaired) electrons. The maximum atomic E-state index is 11.3. The first-order valence-electron chi connectivity index (χ1n) is 8.68. The van der Waals surface area contributed by atoms with Crippen molar-refractivity contribution in [2.75, 3.05) is 13.2 Å². The molecular formula is C15H27BN2O8. The number of primary amides is 1. The number of carbonyl (C=O) groups excluding carboxylic acids is 1. The second-order valence-electron chi connectivity index (χ2n) is 7.13. The van der Waals surface area contributed by atoms with E-state index in [1.807, 2.05) is 13.8 Å². The molecular weight excluding hydrogens is 347 g/mol. The van der Waals surface area contributed by atoms with Crippen molar-refractivity contribution in [3.05, 3.63) is 0 Å². The monoisotopic (exact) mass is 374 g/mol. The minimum absolute atomic E-state index is 0.119. The largest absolute Gasteiger partial charge is 0.466 e. The number of rotatable bonds is 8. The number of nitrogens with zero attached hydrogens (tertiary/aromatic N) is 1. The zero-order valence-corrected chi connectivity index (χ0v) is 14.9. The van der Waals surface area contributed by atoms with Crippen molar-refractivity contribution in [1.29, 1.82) is 0 Å². The molecule has 0 bridgehead atoms. The first-order chi connectivity index (χ1) is 12.2. The molecule has 26 heavy (non-hydrogen) atoms. The zero-order chi connectivity index (χ0) is 19.4. The average Bonchev–Trinajstić information content (AvgIpc) is 3.09. The zero-order valence-electron chi connectivity index (χ0n) is 14.9. The third-order valence-electron chi connectivity index (χ3n) is 4.51. The van der Waals surface area contributed by atoms with E-state index in [2.05, 4.69) is 5.16 Å². The first-order valence-corrected chi connectivity index (χ1v) is 8.68. The van der Waals surface area contributed by atoms with E-state index in [4.69, 9.17) is 25.0 Å². The molecule has 2 aliphatic rings. The molecule has 0 aromatic heterocycles. The van der Waals surface area contributed by atoms with Crippen molar-refractivity contribution in [3.8, 4) is 0 Å². The lowest BCUT2D eigenvalue weighted by Gasteiger charge is -2.38. The summed E-state index contributed by atoms with van der Waals surface area (Å²) in [6.45, 7) is 3.20. The summed E-state index contributed by atoms with van der Waals surface area (Å²) >= 11 is 0. The summed E-state index contributed by atoms with van der Waals surface area (Å²) in [7, 11) is -0.861. The molecule has 0 saturated carbocycles. The van der Waals surface area contributed by atoms with Crippen LogP contribution >= 0.6 is 0 Å². The van der Waals surface area contributed by atoms with Gasteiger partial charge in [-0.2, -0.15) is 0 Å². The molecule has 1 saturated heterocycles. The molecule has 5 unspecified atom stereocenters. The van der Waals surface area contributed by atoms with Gasteiger partial charge in [0.25, 0.3) is 5.91 Å². The molecule has 0 aliphatic carbocycles. The molecule has 2 heterocycles. The van der Waals surface area contributed by atoms with Gasteiger partial charge in [0, 0.05) is 12.2 Å². The van der Waals surface area contributed by atoms with Gasteiger partial charge >= 0.3 is 7.12 Å². The highest BCUT2D eigenvalue weighted by molar-refractivity contribution is 6.52. The lowest BCUT2D eigenvalue weighted by molar-refractivity contribution is -0.138. The Morgan fingerprint density at radius 3 is 2.65 bits per heavy atom. The van der Waals surface area contributed by atoms with Crippen LogP contribution in [0.15, 0.2) is 5.16 Å². The van der Waals surface area contributed by atoms with Crippen molar-refractivity contribution in [2.24, 2.45) is 16.8 Å². The molecule has 2 rings (SSSR count). The quantitative estimate of drug-likeness (QED) is 0.305. The Morgan fingerprint density at radius 1 is 1.42 bits per heavy atom. The van der Waals surface area contributed by atoms with Gasteiger partial charge in [0.05, 0.1) is 25.0 Å². The van der Waals surface area contributed by atoms with E-state index in [-0.39, 0.29) is 24.8 Å². The van der Waals surface area contributed by atoms with Crippen molar-refractivity contribution in [3.63, 3.8) is 0 Å². The third kappa shape index (κ3) is 4.93. The van der Waals surface area contributed by atoms with Crippen LogP contribution in [0.5, 0.6) is 0 Å². The smallest absolute Gasteiger partial charge is 0.408 e. The summed E-state index contributed by atoms with van der Waals surface area (Å²) in [5.41, 5.74) is 5.81. The minimum Gasteiger partial charge on any atom is -0.408 e. The summed E-state index contributed by atoms with van der Waals surface area (Å²) in [6.07, 6.45) is -5.27. The molecule has 6 N–H and O–H groups in total. The first kappa shape index (κ1) is 21.1. The fourth-order valence-corrected chi connectivity index (χ4v) is 3.10. The normalized spacial score (nSPS) is 29.9. The summed E-state index contributed by atoms with van der Waals surface area (Å²) in [6, 6.07) is 0. The molecule has 0 spiro atoms. The highest BCUT2D eigenvalue weighted by Crippen LogP contribution is 2.33. The summed E-state index contributed by atoms with van der Waals surface area (Å²) in [5.74, 6) is -0.763. The summed E-state index contributed by atoms with van der Waals surface area (Å²) < 4.78 is 11.3. The van der Waals surface area contributed by atoms with Crippen molar-refractivity contribution in [2.45, 2.75) is 63.0 Å². The van der Waals surface area contributed by atoms with Gasteiger partial charge in [0.2, 0.25) is 6.10 Å². The molecule has 1 amide bonds. The Kier molecular flexibility index (Phi) is 7.38. The molecule has 10 nitrogen and oxygen atoms in total. The van der Waals surface area contributed by atoms with Gasteiger partial charge in [-0.15, -0.1) is 0 Å². The maximum absolute atomic E-state index is 11.3. The Morgan fingerprint density at radius 2 is 2.12 bits per heavy atom. The van der Waals surface area contributed by atoms with E-state index >= 15 is 0 Å². The molecule has 11 heteroatoms. The number of nitrogens with two attached hydrogens (primary N) is 1. The van der Waals surface area contributed by atoms with Gasteiger partial charge in [0.1, 0.15) is 18.3 Å². The lowest BCUT2D eigenvalue weighted by atomic mass is 9.63. The van der Waals surface area contributed by atoms with Crippen LogP contribution in [0.25, 0.3) is 0 Å². The van der Waals surface area contributed by atoms with E-state index in [0.29, 0.717) is 12.1 Å². The van der Waals surface area contributed by atoms with Crippen LogP contribution in [0.4, 0.5) is 0 Å². The number of amides is 1. The molecule has 0 aromatic rings. The predicted octanol–water partition coefficient (Wildman–Crippen LogP) is -1.99. The summed E-state index contributed by atoms with van der Waals surface area (Å²) in [4.78, 5) is 16.4. The van der Waals surface area contributed by atoms with E-state index in [1.54, 1.807) is 0 Å². The second-order valence-corrected chi connectivity index (χ2v) is 7.13. The average molecular weight is 374 g/mol.